The Kier molecular flexibility index (Phi) is 11.5. The molecule has 182 valence electrons. The molecule has 0 spiro atoms. The largest absolute Gasteiger partial charge is 0.496 e. The molecule has 0 N–H and O–H groups in total. The maximum atomic E-state index is 10.6. The van der Waals surface area contributed by atoms with E-state index < -0.39 is 0 Å². The van der Waals surface area contributed by atoms with Crippen LogP contribution in [0.25, 0.3) is 0 Å². The molecule has 0 saturated carbocycles. The van der Waals surface area contributed by atoms with Crippen molar-refractivity contribution in [2.45, 2.75) is 47.6 Å². The van der Waals surface area contributed by atoms with Gasteiger partial charge in [0.1, 0.15) is 23.0 Å². The Morgan fingerprint density at radius 3 is 1.42 bits per heavy atom. The lowest BCUT2D eigenvalue weighted by Crippen LogP contribution is -2.20. The van der Waals surface area contributed by atoms with Crippen LogP contribution < -0.4 is 18.9 Å². The summed E-state index contributed by atoms with van der Waals surface area (Å²) in [6.07, 6.45) is 2.66. The second kappa shape index (κ2) is 13.5. The van der Waals surface area contributed by atoms with Gasteiger partial charge < -0.3 is 18.9 Å². The zero-order valence-corrected chi connectivity index (χ0v) is 21.7. The third-order valence-corrected chi connectivity index (χ3v) is 5.37. The first-order valence-corrected chi connectivity index (χ1v) is 11.1. The van der Waals surface area contributed by atoms with Crippen molar-refractivity contribution in [3.63, 3.8) is 0 Å². The van der Waals surface area contributed by atoms with Crippen LogP contribution in [-0.4, -0.2) is 47.0 Å². The number of aryl methyl sites for hydroxylation is 2. The molecule has 0 atom stereocenters. The zero-order chi connectivity index (χ0) is 25.1. The van der Waals surface area contributed by atoms with Crippen molar-refractivity contribution in [2.24, 2.45) is 16.8 Å². The van der Waals surface area contributed by atoms with Gasteiger partial charge in [-0.25, -0.2) is 0 Å². The Labute approximate surface area is 198 Å². The Morgan fingerprint density at radius 1 is 0.667 bits per heavy atom. The van der Waals surface area contributed by atoms with E-state index in [1.54, 1.807) is 33.5 Å². The van der Waals surface area contributed by atoms with E-state index in [0.29, 0.717) is 34.9 Å². The van der Waals surface area contributed by atoms with Gasteiger partial charge in [0, 0.05) is 11.8 Å². The topological polar surface area (TPSA) is 66.3 Å². The fraction of sp³-hybridized carbons (Fsp3) is 0.481. The summed E-state index contributed by atoms with van der Waals surface area (Å²) in [5, 5.41) is 0. The Morgan fingerprint density at radius 2 is 1.06 bits per heavy atom. The molecule has 2 rings (SSSR count). The average Bonchev–Trinajstić information content (AvgIpc) is 2.79. The molecular weight excluding hydrogens is 418 g/mol. The Balaban J connectivity index is 0.000000361. The normalized spacial score (nSPS) is 10.9. The number of benzene rings is 2. The molecule has 0 bridgehead atoms. The first-order valence-electron chi connectivity index (χ1n) is 11.1. The molecule has 0 aromatic heterocycles. The summed E-state index contributed by atoms with van der Waals surface area (Å²) in [7, 11) is 6.47. The standard InChI is InChI=1S/C17H27NO2.C10H12O3/c1-11(2)17(12(3)4)18-10-14-9-15(19-6)13(5)8-16(14)20-7;1-7-4-10(13-3)8(6-11)5-9(7)12-2/h8-12,17H,1-7H3;4-6H,1-3H3. The molecule has 0 radical (unpaired) electrons. The van der Waals surface area contributed by atoms with Crippen molar-refractivity contribution in [1.82, 2.24) is 0 Å². The van der Waals surface area contributed by atoms with E-state index in [2.05, 4.69) is 27.7 Å². The molecule has 2 aromatic carbocycles. The van der Waals surface area contributed by atoms with Gasteiger partial charge in [-0.1, -0.05) is 27.7 Å². The molecule has 0 saturated heterocycles. The van der Waals surface area contributed by atoms with Crippen LogP contribution in [0.5, 0.6) is 23.0 Å². The van der Waals surface area contributed by atoms with Crippen LogP contribution in [0.3, 0.4) is 0 Å². The number of aliphatic imine (C=N–C) groups is 1. The van der Waals surface area contributed by atoms with E-state index in [-0.39, 0.29) is 0 Å². The maximum Gasteiger partial charge on any atom is 0.153 e. The van der Waals surface area contributed by atoms with Crippen LogP contribution in [0.15, 0.2) is 29.3 Å². The van der Waals surface area contributed by atoms with Crippen LogP contribution in [0.2, 0.25) is 0 Å². The van der Waals surface area contributed by atoms with Gasteiger partial charge in [-0.05, 0) is 61.1 Å². The Bertz CT molecular complexity index is 927. The van der Waals surface area contributed by atoms with Gasteiger partial charge in [-0.3, -0.25) is 9.79 Å². The highest BCUT2D eigenvalue weighted by atomic mass is 16.5. The lowest BCUT2D eigenvalue weighted by molar-refractivity contribution is 0.112. The molecule has 0 aliphatic carbocycles. The van der Waals surface area contributed by atoms with Gasteiger partial charge in [0.05, 0.1) is 40.0 Å². The molecule has 0 heterocycles. The third-order valence-electron chi connectivity index (χ3n) is 5.37. The summed E-state index contributed by atoms with van der Waals surface area (Å²) < 4.78 is 20.9. The number of aldehydes is 1. The highest BCUT2D eigenvalue weighted by Crippen LogP contribution is 2.28. The van der Waals surface area contributed by atoms with Crippen molar-refractivity contribution >= 4 is 12.5 Å². The minimum atomic E-state index is 0.312. The number of nitrogens with zero attached hydrogens (tertiary/aromatic N) is 1. The minimum Gasteiger partial charge on any atom is -0.496 e. The lowest BCUT2D eigenvalue weighted by Gasteiger charge is -2.20. The highest BCUT2D eigenvalue weighted by molar-refractivity contribution is 5.85. The maximum absolute atomic E-state index is 10.6. The van der Waals surface area contributed by atoms with Gasteiger partial charge in [-0.2, -0.15) is 0 Å². The fourth-order valence-corrected chi connectivity index (χ4v) is 3.62. The second-order valence-corrected chi connectivity index (χ2v) is 8.50. The number of rotatable bonds is 9. The third kappa shape index (κ3) is 7.81. The fourth-order valence-electron chi connectivity index (χ4n) is 3.62. The molecule has 6 nitrogen and oxygen atoms in total. The van der Waals surface area contributed by atoms with Gasteiger partial charge in [0.15, 0.2) is 6.29 Å². The molecule has 0 unspecified atom stereocenters. The van der Waals surface area contributed by atoms with Gasteiger partial charge in [0.2, 0.25) is 0 Å². The number of carbonyl (C=O) groups is 1. The summed E-state index contributed by atoms with van der Waals surface area (Å²) in [4.78, 5) is 15.4. The second-order valence-electron chi connectivity index (χ2n) is 8.50. The summed E-state index contributed by atoms with van der Waals surface area (Å²) in [6, 6.07) is 7.73. The summed E-state index contributed by atoms with van der Waals surface area (Å²) in [5.41, 5.74) is 3.47. The summed E-state index contributed by atoms with van der Waals surface area (Å²) in [6.45, 7) is 12.7. The zero-order valence-electron chi connectivity index (χ0n) is 21.7. The van der Waals surface area contributed by atoms with Gasteiger partial charge in [-0.15, -0.1) is 0 Å². The van der Waals surface area contributed by atoms with Gasteiger partial charge in [0.25, 0.3) is 0 Å². The number of hydrogen-bond acceptors (Lipinski definition) is 6. The number of ether oxygens (including phenoxy) is 4. The molecule has 0 aliphatic rings. The molecule has 2 aromatic rings. The molecule has 0 fully saturated rings. The van der Waals surface area contributed by atoms with E-state index in [1.807, 2.05) is 32.2 Å². The number of hydrogen-bond donors (Lipinski definition) is 0. The Hall–Kier alpha value is -3.02. The molecule has 0 aliphatic heterocycles. The predicted molar refractivity (Wildman–Crippen MR) is 135 cm³/mol. The van der Waals surface area contributed by atoms with Crippen molar-refractivity contribution in [3.8, 4) is 23.0 Å². The van der Waals surface area contributed by atoms with Crippen LogP contribution in [0, 0.1) is 25.7 Å². The first-order chi connectivity index (χ1) is 15.6. The number of carbonyl (C=O) groups excluding carboxylic acids is 1. The quantitative estimate of drug-likeness (QED) is 0.344. The number of methoxy groups -OCH3 is 4. The van der Waals surface area contributed by atoms with Crippen molar-refractivity contribution in [1.29, 1.82) is 0 Å². The SMILES string of the molecule is COc1cc(C=NC(C(C)C)C(C)C)c(OC)cc1C.COc1cc(C=O)c(OC)cc1C. The first kappa shape index (κ1) is 28.0. The minimum absolute atomic E-state index is 0.312. The van der Waals surface area contributed by atoms with Crippen LogP contribution in [0.4, 0.5) is 0 Å². The highest BCUT2D eigenvalue weighted by Gasteiger charge is 2.16. The summed E-state index contributed by atoms with van der Waals surface area (Å²) >= 11 is 0. The van der Waals surface area contributed by atoms with E-state index >= 15 is 0 Å². The molecule has 33 heavy (non-hydrogen) atoms. The van der Waals surface area contributed by atoms with E-state index in [0.717, 1.165) is 34.5 Å². The van der Waals surface area contributed by atoms with E-state index in [1.165, 1.54) is 7.11 Å². The van der Waals surface area contributed by atoms with Crippen molar-refractivity contribution < 1.29 is 23.7 Å². The van der Waals surface area contributed by atoms with Crippen LogP contribution in [0.1, 0.15) is 54.7 Å². The van der Waals surface area contributed by atoms with Crippen molar-refractivity contribution in [3.05, 3.63) is 46.5 Å². The van der Waals surface area contributed by atoms with Crippen molar-refractivity contribution in [2.75, 3.05) is 28.4 Å². The van der Waals surface area contributed by atoms with E-state index in [4.69, 9.17) is 23.9 Å². The molecule has 0 amide bonds. The summed E-state index contributed by atoms with van der Waals surface area (Å²) in [5.74, 6) is 4.00. The van der Waals surface area contributed by atoms with Gasteiger partial charge >= 0.3 is 0 Å². The lowest BCUT2D eigenvalue weighted by atomic mass is 9.94. The predicted octanol–water partition coefficient (Wildman–Crippen LogP) is 5.94. The van der Waals surface area contributed by atoms with Crippen LogP contribution >= 0.6 is 0 Å². The van der Waals surface area contributed by atoms with Crippen LogP contribution in [-0.2, 0) is 0 Å². The smallest absolute Gasteiger partial charge is 0.153 e. The average molecular weight is 458 g/mol. The monoisotopic (exact) mass is 457 g/mol. The molecular formula is C27H39NO5. The van der Waals surface area contributed by atoms with E-state index in [9.17, 15) is 4.79 Å². The molecule has 6 heteroatoms.